The molecule has 2 fully saturated rings. The molecule has 2 aliphatic heterocycles. The number of hydrogen-bond acceptors (Lipinski definition) is 4. The first-order chi connectivity index (χ1) is 13.3. The third-order valence-corrected chi connectivity index (χ3v) is 7.47. The minimum atomic E-state index is 0.670. The van der Waals surface area contributed by atoms with E-state index in [4.69, 9.17) is 0 Å². The largest absolute Gasteiger partial charge is 0.301 e. The normalized spacial score (nSPS) is 27.5. The Morgan fingerprint density at radius 2 is 1.11 bits per heavy atom. The number of nitrogens with zero attached hydrogens (tertiary/aromatic N) is 4. The van der Waals surface area contributed by atoms with Crippen molar-refractivity contribution in [3.63, 3.8) is 0 Å². The van der Waals surface area contributed by atoms with Gasteiger partial charge >= 0.3 is 0 Å². The van der Waals surface area contributed by atoms with Crippen LogP contribution >= 0.6 is 0 Å². The molecule has 2 saturated heterocycles. The minimum absolute atomic E-state index is 0.670. The summed E-state index contributed by atoms with van der Waals surface area (Å²) in [7, 11) is 0. The third kappa shape index (κ3) is 7.27. The van der Waals surface area contributed by atoms with Crippen LogP contribution in [0.3, 0.4) is 0 Å². The van der Waals surface area contributed by atoms with Crippen molar-refractivity contribution in [3.05, 3.63) is 0 Å². The summed E-state index contributed by atoms with van der Waals surface area (Å²) in [5, 5.41) is 0. The third-order valence-electron chi connectivity index (χ3n) is 7.47. The highest BCUT2D eigenvalue weighted by Crippen LogP contribution is 2.19. The average molecular weight is 395 g/mol. The fourth-order valence-corrected chi connectivity index (χ4v) is 5.28. The fraction of sp³-hybridized carbons (Fsp3) is 1.00. The molecule has 2 heterocycles. The maximum atomic E-state index is 2.77. The van der Waals surface area contributed by atoms with Gasteiger partial charge in [-0.3, -0.25) is 9.80 Å². The molecule has 0 aliphatic carbocycles. The van der Waals surface area contributed by atoms with Crippen molar-refractivity contribution >= 4 is 0 Å². The molecule has 2 aliphatic rings. The van der Waals surface area contributed by atoms with Crippen LogP contribution in [-0.4, -0.2) is 95.6 Å². The quantitative estimate of drug-likeness (QED) is 0.643. The predicted molar refractivity (Wildman–Crippen MR) is 123 cm³/mol. The van der Waals surface area contributed by atoms with Gasteiger partial charge in [0, 0.05) is 43.3 Å². The van der Waals surface area contributed by atoms with Crippen LogP contribution in [0.1, 0.15) is 80.6 Å². The molecular formula is C24H50N4. The summed E-state index contributed by atoms with van der Waals surface area (Å²) < 4.78 is 0. The Labute approximate surface area is 176 Å². The molecule has 4 heteroatoms. The standard InChI is InChI=1S/C24H50N4/c1-20(2)25-13-8-15-26(16-9-14-25)22(5)10-11-23(6)27-17-12-24(7)28(19-18-27)21(3)4/h20-24H,8-19H2,1-7H3/t22?,23?,24-/m1/s1. The molecule has 0 aromatic heterocycles. The molecule has 166 valence electrons. The van der Waals surface area contributed by atoms with Crippen LogP contribution in [-0.2, 0) is 0 Å². The van der Waals surface area contributed by atoms with E-state index < -0.39 is 0 Å². The van der Waals surface area contributed by atoms with Crippen LogP contribution in [0.5, 0.6) is 0 Å². The summed E-state index contributed by atoms with van der Waals surface area (Å²) >= 11 is 0. The van der Waals surface area contributed by atoms with E-state index in [-0.39, 0.29) is 0 Å². The van der Waals surface area contributed by atoms with Gasteiger partial charge in [0.05, 0.1) is 0 Å². The second kappa shape index (κ2) is 11.9. The molecule has 3 atom stereocenters. The van der Waals surface area contributed by atoms with Gasteiger partial charge < -0.3 is 9.80 Å². The fourth-order valence-electron chi connectivity index (χ4n) is 5.28. The lowest BCUT2D eigenvalue weighted by Crippen LogP contribution is -2.43. The molecule has 0 aromatic rings. The molecule has 2 unspecified atom stereocenters. The van der Waals surface area contributed by atoms with E-state index in [1.165, 1.54) is 77.9 Å². The predicted octanol–water partition coefficient (Wildman–Crippen LogP) is 4.15. The van der Waals surface area contributed by atoms with Gasteiger partial charge in [0.15, 0.2) is 0 Å². The zero-order valence-electron chi connectivity index (χ0n) is 20.2. The molecule has 0 N–H and O–H groups in total. The first kappa shape index (κ1) is 24.1. The van der Waals surface area contributed by atoms with E-state index >= 15 is 0 Å². The molecule has 28 heavy (non-hydrogen) atoms. The van der Waals surface area contributed by atoms with Gasteiger partial charge in [0.25, 0.3) is 0 Å². The topological polar surface area (TPSA) is 13.0 Å². The first-order valence-electron chi connectivity index (χ1n) is 12.3. The summed E-state index contributed by atoms with van der Waals surface area (Å²) in [6, 6.07) is 3.54. The molecule has 0 saturated carbocycles. The highest BCUT2D eigenvalue weighted by molar-refractivity contribution is 4.82. The van der Waals surface area contributed by atoms with Gasteiger partial charge in [-0.2, -0.15) is 0 Å². The summed E-state index contributed by atoms with van der Waals surface area (Å²) in [6.07, 6.45) is 6.65. The van der Waals surface area contributed by atoms with Crippen molar-refractivity contribution in [1.29, 1.82) is 0 Å². The van der Waals surface area contributed by atoms with Crippen molar-refractivity contribution in [2.24, 2.45) is 0 Å². The summed E-state index contributed by atoms with van der Waals surface area (Å²) in [5.41, 5.74) is 0. The molecule has 0 radical (unpaired) electrons. The average Bonchev–Trinajstić information content (AvgIpc) is 2.80. The molecule has 2 rings (SSSR count). The molecule has 0 bridgehead atoms. The summed E-state index contributed by atoms with van der Waals surface area (Å²) in [4.78, 5) is 10.9. The van der Waals surface area contributed by atoms with Gasteiger partial charge in [0.2, 0.25) is 0 Å². The van der Waals surface area contributed by atoms with E-state index in [1.807, 2.05) is 0 Å². The summed E-state index contributed by atoms with van der Waals surface area (Å²) in [6.45, 7) is 25.6. The number of rotatable bonds is 7. The highest BCUT2D eigenvalue weighted by Gasteiger charge is 2.26. The van der Waals surface area contributed by atoms with Gasteiger partial charge in [-0.1, -0.05) is 0 Å². The van der Waals surface area contributed by atoms with Crippen LogP contribution in [0.4, 0.5) is 0 Å². The van der Waals surface area contributed by atoms with E-state index in [9.17, 15) is 0 Å². The second-order valence-corrected chi connectivity index (χ2v) is 10.2. The van der Waals surface area contributed by atoms with Crippen molar-refractivity contribution in [2.45, 2.75) is 111 Å². The lowest BCUT2D eigenvalue weighted by atomic mass is 10.0. The van der Waals surface area contributed by atoms with E-state index in [2.05, 4.69) is 68.1 Å². The molecule has 0 spiro atoms. The molecule has 4 nitrogen and oxygen atoms in total. The van der Waals surface area contributed by atoms with Gasteiger partial charge in [-0.15, -0.1) is 0 Å². The zero-order chi connectivity index (χ0) is 20.7. The van der Waals surface area contributed by atoms with E-state index in [0.29, 0.717) is 18.1 Å². The summed E-state index contributed by atoms with van der Waals surface area (Å²) in [5.74, 6) is 0. The lowest BCUT2D eigenvalue weighted by Gasteiger charge is -2.36. The van der Waals surface area contributed by atoms with Gasteiger partial charge in [-0.05, 0) is 113 Å². The Hall–Kier alpha value is -0.160. The molecular weight excluding hydrogens is 344 g/mol. The Balaban J connectivity index is 1.75. The maximum absolute atomic E-state index is 2.77. The van der Waals surface area contributed by atoms with Gasteiger partial charge in [-0.25, -0.2) is 0 Å². The van der Waals surface area contributed by atoms with Crippen molar-refractivity contribution < 1.29 is 0 Å². The van der Waals surface area contributed by atoms with E-state index in [1.54, 1.807) is 0 Å². The first-order valence-corrected chi connectivity index (χ1v) is 12.3. The zero-order valence-corrected chi connectivity index (χ0v) is 20.2. The van der Waals surface area contributed by atoms with Crippen LogP contribution in [0.15, 0.2) is 0 Å². The Morgan fingerprint density at radius 1 is 0.607 bits per heavy atom. The van der Waals surface area contributed by atoms with Crippen molar-refractivity contribution in [1.82, 2.24) is 19.6 Å². The van der Waals surface area contributed by atoms with Crippen molar-refractivity contribution in [3.8, 4) is 0 Å². The van der Waals surface area contributed by atoms with Crippen molar-refractivity contribution in [2.75, 3.05) is 45.8 Å². The SMILES string of the molecule is CC(C)N1CCCN(C(C)CCC(C)N2CC[C@@H](C)N(C(C)C)CC2)CCC1. The molecule has 0 amide bonds. The Bertz CT molecular complexity index is 415. The van der Waals surface area contributed by atoms with E-state index in [0.717, 1.165) is 12.1 Å². The lowest BCUT2D eigenvalue weighted by molar-refractivity contribution is 0.121. The van der Waals surface area contributed by atoms with Crippen LogP contribution in [0, 0.1) is 0 Å². The second-order valence-electron chi connectivity index (χ2n) is 10.2. The van der Waals surface area contributed by atoms with Gasteiger partial charge in [0.1, 0.15) is 0 Å². The Morgan fingerprint density at radius 3 is 1.61 bits per heavy atom. The van der Waals surface area contributed by atoms with Crippen LogP contribution in [0.25, 0.3) is 0 Å². The number of hydrogen-bond donors (Lipinski definition) is 0. The monoisotopic (exact) mass is 394 g/mol. The smallest absolute Gasteiger partial charge is 0.0115 e. The minimum Gasteiger partial charge on any atom is -0.301 e. The van der Waals surface area contributed by atoms with Crippen LogP contribution < -0.4 is 0 Å². The van der Waals surface area contributed by atoms with Crippen LogP contribution in [0.2, 0.25) is 0 Å². The highest BCUT2D eigenvalue weighted by atomic mass is 15.3. The Kier molecular flexibility index (Phi) is 10.2. The molecule has 0 aromatic carbocycles. The maximum Gasteiger partial charge on any atom is 0.0115 e.